The number of aromatic nitrogens is 1. The number of thiophene rings is 3. The molecule has 0 amide bonds. The van der Waals surface area contributed by atoms with Crippen molar-refractivity contribution in [3.8, 4) is 31.0 Å². The molecule has 0 radical (unpaired) electrons. The second-order valence-corrected chi connectivity index (χ2v) is 34.1. The monoisotopic (exact) mass is 1460 g/mol. The predicted molar refractivity (Wildman–Crippen MR) is 419 cm³/mol. The second kappa shape index (κ2) is 26.4. The van der Waals surface area contributed by atoms with Crippen molar-refractivity contribution in [2.75, 3.05) is 14.2 Å². The van der Waals surface area contributed by atoms with Crippen molar-refractivity contribution in [1.29, 1.82) is 0 Å². The van der Waals surface area contributed by atoms with E-state index in [1.54, 1.807) is 14.2 Å². The Hall–Kier alpha value is -8.92. The van der Waals surface area contributed by atoms with Gasteiger partial charge < -0.3 is 0 Å². The van der Waals surface area contributed by atoms with Crippen LogP contribution in [-0.4, -0.2) is 59.6 Å². The van der Waals surface area contributed by atoms with Crippen molar-refractivity contribution >= 4 is 108 Å². The predicted octanol–water partition coefficient (Wildman–Crippen LogP) is 18.5. The summed E-state index contributed by atoms with van der Waals surface area (Å²) in [5, 5.41) is 0. The number of ether oxygens (including phenoxy) is 2. The molecule has 0 aliphatic carbocycles. The molecule has 5 nitrogen and oxygen atoms in total. The molecule has 15 rings (SSSR count). The van der Waals surface area contributed by atoms with Crippen LogP contribution in [0, 0.1) is 83.1 Å². The Balaban J connectivity index is 1.06. The molecule has 16 bridgehead atoms. The minimum atomic E-state index is -0.147. The fourth-order valence-corrected chi connectivity index (χ4v) is 23.3. The number of aromatic amines is 1. The van der Waals surface area contributed by atoms with Gasteiger partial charge in [-0.3, -0.25) is 0 Å². The number of nitrogens with one attached hydrogen (secondary N) is 1. The molecule has 0 saturated carbocycles. The Morgan fingerprint density at radius 2 is 0.571 bits per heavy atom. The van der Waals surface area contributed by atoms with Gasteiger partial charge in [-0.05, 0) is 0 Å². The number of aliphatic imine (C=N–C) groups is 2. The van der Waals surface area contributed by atoms with Crippen molar-refractivity contribution in [2.45, 2.75) is 83.1 Å². The fraction of sp³-hybridized carbons (Fsp3) is 0.159. The maximum absolute atomic E-state index is 5.81. The summed E-state index contributed by atoms with van der Waals surface area (Å²) < 4.78 is 16.7. The van der Waals surface area contributed by atoms with E-state index in [2.05, 4.69) is 282 Å². The molecule has 6 aromatic carbocycles. The average Bonchev–Trinajstić information content (AvgIpc) is 1.57. The van der Waals surface area contributed by atoms with Crippen LogP contribution in [0.4, 0.5) is 0 Å². The van der Waals surface area contributed by atoms with Crippen LogP contribution >= 0.6 is 34.0 Å². The number of methoxy groups -OCH3 is 2. The quantitative estimate of drug-likeness (QED) is 0.154. The van der Waals surface area contributed by atoms with Gasteiger partial charge in [0, 0.05) is 0 Å². The van der Waals surface area contributed by atoms with E-state index in [4.69, 9.17) is 19.5 Å². The van der Waals surface area contributed by atoms with Crippen molar-refractivity contribution in [3.63, 3.8) is 0 Å². The Morgan fingerprint density at radius 3 is 0.878 bits per heavy atom. The number of nitrogens with zero attached hydrogens (tertiary/aromatic N) is 2. The molecule has 0 saturated heterocycles. The van der Waals surface area contributed by atoms with Gasteiger partial charge >= 0.3 is 604 Å². The number of rotatable bonds is 8. The summed E-state index contributed by atoms with van der Waals surface area (Å²) in [5.41, 5.74) is 35.4. The molecule has 1 N–H and O–H groups in total. The summed E-state index contributed by atoms with van der Waals surface area (Å²) in [6.07, 6.45) is 9.04. The van der Waals surface area contributed by atoms with E-state index in [0.717, 1.165) is 77.7 Å². The van der Waals surface area contributed by atoms with E-state index in [0.29, 0.717) is 0 Å². The normalized spacial score (nSPS) is 13.9. The van der Waals surface area contributed by atoms with E-state index >= 15 is 0 Å². The van der Waals surface area contributed by atoms with Gasteiger partial charge in [-0.1, -0.05) is 0 Å². The molecule has 0 spiro atoms. The van der Waals surface area contributed by atoms with Gasteiger partial charge in [-0.2, -0.15) is 0 Å². The van der Waals surface area contributed by atoms with Gasteiger partial charge in [0.05, 0.1) is 0 Å². The summed E-state index contributed by atoms with van der Waals surface area (Å²) in [5.74, 6) is 1.63. The van der Waals surface area contributed by atoms with Crippen LogP contribution < -0.4 is 25.8 Å². The first-order valence-electron chi connectivity index (χ1n) is 33.2. The summed E-state index contributed by atoms with van der Waals surface area (Å²) in [6, 6.07) is 63.9. The van der Waals surface area contributed by atoms with Gasteiger partial charge in [-0.15, -0.1) is 0 Å². The molecular formula is C88H75N3O2S3Se2. The molecule has 9 heterocycles. The minimum absolute atomic E-state index is 0.147. The third-order valence-electron chi connectivity index (χ3n) is 19.0. The van der Waals surface area contributed by atoms with Crippen LogP contribution in [0.2, 0.25) is 0 Å². The zero-order chi connectivity index (χ0) is 67.9. The van der Waals surface area contributed by atoms with Gasteiger partial charge in [0.2, 0.25) is 0 Å². The number of hydrogen-bond donors (Lipinski definition) is 1. The third-order valence-corrected chi connectivity index (χ3v) is 27.4. The van der Waals surface area contributed by atoms with Crippen molar-refractivity contribution < 1.29 is 9.47 Å². The van der Waals surface area contributed by atoms with Crippen LogP contribution in [-0.2, 0) is 0 Å². The molecule has 484 valence electrons. The van der Waals surface area contributed by atoms with E-state index in [1.807, 2.05) is 34.0 Å². The first-order chi connectivity index (χ1) is 47.4. The number of aryl methyl sites for hydroxylation is 12. The second-order valence-electron chi connectivity index (χ2n) is 26.3. The van der Waals surface area contributed by atoms with Crippen molar-refractivity contribution in [1.82, 2.24) is 4.98 Å². The molecule has 0 fully saturated rings. The Bertz CT molecular complexity index is 5330. The Morgan fingerprint density at radius 1 is 0.296 bits per heavy atom. The number of allylic oxidation sites excluding steroid dienone is 4. The molecule has 10 heteroatoms. The fourth-order valence-electron chi connectivity index (χ4n) is 15.2. The first-order valence-corrected chi connectivity index (χ1v) is 39.1. The number of fused-ring (bicyclic) bond motifs is 16. The summed E-state index contributed by atoms with van der Waals surface area (Å²) in [7, 11) is 3.46. The van der Waals surface area contributed by atoms with Crippen LogP contribution in [0.5, 0.6) is 11.5 Å². The average molecular weight is 1460 g/mol. The van der Waals surface area contributed by atoms with Crippen LogP contribution in [0.1, 0.15) is 121 Å². The van der Waals surface area contributed by atoms with Gasteiger partial charge in [-0.25, -0.2) is 0 Å². The maximum atomic E-state index is 5.81. The Kier molecular flexibility index (Phi) is 17.5. The SMILES string of the molecule is COc1ccc(C2=C3C=CC(=N3)C(c3c(C)cc(C)cc3C)=c3ccc([se]3)=C(c3c(C)cc(C)cc3C)c3ccc([nH]3)C(c3c(C)cc(C)cc3C)=c3ccc([se]3)=C(c3c(C)cc(C)cc3C)C3=NC(=C(c4ccc(OC)cc4)c4ccc(s4)-c4ccc(s4)-c4ccc2s4)C=C3)cc1. The zero-order valence-corrected chi connectivity index (χ0v) is 63.6. The van der Waals surface area contributed by atoms with E-state index in [1.165, 1.54) is 147 Å². The molecule has 0 unspecified atom stereocenters. The third kappa shape index (κ3) is 12.1. The number of H-pyrrole nitrogens is 1. The summed E-state index contributed by atoms with van der Waals surface area (Å²) in [4.78, 5) is 23.0. The molecule has 6 aromatic heterocycles. The van der Waals surface area contributed by atoms with Gasteiger partial charge in [0.1, 0.15) is 0 Å². The first kappa shape index (κ1) is 65.0. The molecule has 0 atom stereocenters. The van der Waals surface area contributed by atoms with Crippen molar-refractivity contribution in [2.24, 2.45) is 9.98 Å². The van der Waals surface area contributed by atoms with E-state index in [9.17, 15) is 0 Å². The van der Waals surface area contributed by atoms with Crippen LogP contribution in [0.3, 0.4) is 0 Å². The number of benzene rings is 6. The molecule has 98 heavy (non-hydrogen) atoms. The summed E-state index contributed by atoms with van der Waals surface area (Å²) in [6.45, 7) is 27.1. The molecule has 3 aliphatic rings. The van der Waals surface area contributed by atoms with Gasteiger partial charge in [0.15, 0.2) is 0 Å². The standard InChI is InChI=1S/C88H75N3O2S3Se2/c1-47-39-51(5)79(52(6)40-47)85-65-25-23-63(89-65)83(59-15-19-61(92-13)20-16-59)73-33-31-71(95-73)69-29-30-70(94-69)72-32-34-74(96-72)84(60-17-21-62(93-14)22-18-60)64-24-26-66(90-64)86(80-53(7)41-48(2)42-54(80)8)76-36-38-78(98-76)88(82-57(11)45-50(4)46-58(82)12)68-28-27-67(91-68)87(77-37-35-75(85)97-77)81-55(9)43-49(3)44-56(81)10/h15-46,91H,1-14H3. The zero-order valence-electron chi connectivity index (χ0n) is 57.7. The molecular weight excluding hydrogens is 1390 g/mol. The van der Waals surface area contributed by atoms with E-state index < -0.39 is 0 Å². The molecule has 3 aliphatic heterocycles. The summed E-state index contributed by atoms with van der Waals surface area (Å²) >= 11 is 5.19. The van der Waals surface area contributed by atoms with E-state index in [-0.39, 0.29) is 29.0 Å². The Labute approximate surface area is 598 Å². The van der Waals surface area contributed by atoms with Crippen LogP contribution in [0.15, 0.2) is 216 Å². The van der Waals surface area contributed by atoms with Gasteiger partial charge in [0.25, 0.3) is 0 Å². The number of hydrogen-bond acceptors (Lipinski definition) is 7. The molecule has 12 aromatic rings. The topological polar surface area (TPSA) is 59.0 Å². The van der Waals surface area contributed by atoms with Crippen LogP contribution in [0.25, 0.3) is 52.9 Å². The van der Waals surface area contributed by atoms with Crippen molar-refractivity contribution in [3.05, 3.63) is 343 Å².